The maximum atomic E-state index is 12.1. The lowest BCUT2D eigenvalue weighted by Crippen LogP contribution is -2.51. The average molecular weight is 263 g/mol. The first-order valence-corrected chi connectivity index (χ1v) is 7.16. The summed E-state index contributed by atoms with van der Waals surface area (Å²) in [6.45, 7) is 5.67. The van der Waals surface area contributed by atoms with E-state index in [2.05, 4.69) is 20.0 Å². The summed E-state index contributed by atoms with van der Waals surface area (Å²) in [4.78, 5) is 16.6. The highest BCUT2D eigenvalue weighted by Crippen LogP contribution is 2.28. The summed E-state index contributed by atoms with van der Waals surface area (Å²) in [5, 5.41) is 7.60. The minimum absolute atomic E-state index is 0.337. The number of hydrogen-bond donors (Lipinski definition) is 0. The Morgan fingerprint density at radius 3 is 2.32 bits per heavy atom. The van der Waals surface area contributed by atoms with Crippen molar-refractivity contribution in [1.29, 1.82) is 0 Å². The van der Waals surface area contributed by atoms with Crippen LogP contribution < -0.4 is 0 Å². The predicted octanol–water partition coefficient (Wildman–Crippen LogP) is 0.222. The van der Waals surface area contributed by atoms with Crippen LogP contribution in [0.4, 0.5) is 0 Å². The molecule has 6 heteroatoms. The van der Waals surface area contributed by atoms with E-state index in [0.717, 1.165) is 52.1 Å². The third kappa shape index (κ3) is 2.94. The second-order valence-electron chi connectivity index (χ2n) is 5.49. The average Bonchev–Trinajstić information content (AvgIpc) is 2.88. The third-order valence-electron chi connectivity index (χ3n) is 4.28. The number of amides is 1. The summed E-state index contributed by atoms with van der Waals surface area (Å²) < 4.78 is 1.99. The first-order chi connectivity index (χ1) is 9.33. The van der Waals surface area contributed by atoms with Crippen LogP contribution in [0.25, 0.3) is 0 Å². The monoisotopic (exact) mass is 263 g/mol. The zero-order valence-corrected chi connectivity index (χ0v) is 11.2. The van der Waals surface area contributed by atoms with Crippen molar-refractivity contribution < 1.29 is 4.79 Å². The summed E-state index contributed by atoms with van der Waals surface area (Å²) >= 11 is 0. The quantitative estimate of drug-likeness (QED) is 0.780. The van der Waals surface area contributed by atoms with Gasteiger partial charge in [0.05, 0.1) is 0 Å². The van der Waals surface area contributed by atoms with Crippen molar-refractivity contribution in [2.75, 3.05) is 32.7 Å². The number of rotatable bonds is 4. The van der Waals surface area contributed by atoms with Crippen LogP contribution in [0.1, 0.15) is 19.3 Å². The fourth-order valence-electron chi connectivity index (χ4n) is 2.70. The van der Waals surface area contributed by atoms with Crippen LogP contribution in [0, 0.1) is 5.92 Å². The smallest absolute Gasteiger partial charge is 0.225 e. The number of hydrogen-bond acceptors (Lipinski definition) is 4. The van der Waals surface area contributed by atoms with Crippen molar-refractivity contribution >= 4 is 5.91 Å². The van der Waals surface area contributed by atoms with Gasteiger partial charge in [-0.2, -0.15) is 0 Å². The Labute approximate surface area is 113 Å². The Morgan fingerprint density at radius 1 is 1.05 bits per heavy atom. The molecule has 6 nitrogen and oxygen atoms in total. The molecular weight excluding hydrogens is 242 g/mol. The number of carbonyl (C=O) groups is 1. The van der Waals surface area contributed by atoms with E-state index < -0.39 is 0 Å². The molecule has 2 fully saturated rings. The normalized spacial score (nSPS) is 21.4. The molecule has 0 N–H and O–H groups in total. The molecule has 1 aliphatic carbocycles. The number of piperazine rings is 1. The molecule has 0 radical (unpaired) electrons. The fourth-order valence-corrected chi connectivity index (χ4v) is 2.70. The van der Waals surface area contributed by atoms with Crippen molar-refractivity contribution in [2.45, 2.75) is 25.8 Å². The Balaban J connectivity index is 1.40. The van der Waals surface area contributed by atoms with Crippen LogP contribution in [0.5, 0.6) is 0 Å². The molecule has 0 unspecified atom stereocenters. The lowest BCUT2D eigenvalue weighted by Gasteiger charge is -2.38. The Kier molecular flexibility index (Phi) is 3.77. The van der Waals surface area contributed by atoms with Crippen LogP contribution >= 0.6 is 0 Å². The van der Waals surface area contributed by atoms with Crippen molar-refractivity contribution in [2.24, 2.45) is 5.92 Å². The lowest BCUT2D eigenvalue weighted by atomic mass is 9.84. The van der Waals surface area contributed by atoms with E-state index in [4.69, 9.17) is 0 Å². The molecule has 0 spiro atoms. The van der Waals surface area contributed by atoms with Crippen LogP contribution in [0.15, 0.2) is 12.7 Å². The van der Waals surface area contributed by atoms with Crippen LogP contribution in [-0.4, -0.2) is 63.2 Å². The zero-order chi connectivity index (χ0) is 13.1. The molecule has 1 amide bonds. The molecule has 104 valence electrons. The molecule has 2 aliphatic rings. The van der Waals surface area contributed by atoms with Crippen molar-refractivity contribution in [3.63, 3.8) is 0 Å². The summed E-state index contributed by atoms with van der Waals surface area (Å²) in [6.07, 6.45) is 6.93. The lowest BCUT2D eigenvalue weighted by molar-refractivity contribution is -0.139. The van der Waals surface area contributed by atoms with E-state index in [9.17, 15) is 4.79 Å². The molecular formula is C13H21N5O. The highest BCUT2D eigenvalue weighted by atomic mass is 16.2. The SMILES string of the molecule is O=C(C1CCC1)N1CCN(CCn2cnnc2)CC1. The van der Waals surface area contributed by atoms with E-state index in [-0.39, 0.29) is 0 Å². The summed E-state index contributed by atoms with van der Waals surface area (Å²) in [6, 6.07) is 0. The third-order valence-corrected chi connectivity index (χ3v) is 4.28. The molecule has 1 saturated carbocycles. The van der Waals surface area contributed by atoms with Crippen molar-refractivity contribution in [1.82, 2.24) is 24.6 Å². The Morgan fingerprint density at radius 2 is 1.74 bits per heavy atom. The van der Waals surface area contributed by atoms with Gasteiger partial charge in [-0.15, -0.1) is 10.2 Å². The van der Waals surface area contributed by atoms with Gasteiger partial charge in [-0.05, 0) is 12.8 Å². The topological polar surface area (TPSA) is 54.3 Å². The molecule has 2 heterocycles. The second kappa shape index (κ2) is 5.69. The second-order valence-corrected chi connectivity index (χ2v) is 5.49. The molecule has 1 aromatic heterocycles. The molecule has 1 aromatic rings. The van der Waals surface area contributed by atoms with Gasteiger partial charge in [0.25, 0.3) is 0 Å². The van der Waals surface area contributed by atoms with Gasteiger partial charge in [-0.1, -0.05) is 6.42 Å². The number of carbonyl (C=O) groups excluding carboxylic acids is 1. The van der Waals surface area contributed by atoms with Gasteiger partial charge < -0.3 is 9.47 Å². The molecule has 3 rings (SSSR count). The standard InChI is InChI=1S/C13H21N5O/c19-13(12-2-1-3-12)18-8-6-16(7-9-18)4-5-17-10-14-15-11-17/h10-12H,1-9H2. The summed E-state index contributed by atoms with van der Waals surface area (Å²) in [5.41, 5.74) is 0. The van der Waals surface area contributed by atoms with Crippen molar-refractivity contribution in [3.8, 4) is 0 Å². The van der Waals surface area contributed by atoms with E-state index in [0.29, 0.717) is 11.8 Å². The maximum Gasteiger partial charge on any atom is 0.225 e. The van der Waals surface area contributed by atoms with Gasteiger partial charge in [0.15, 0.2) is 0 Å². The zero-order valence-electron chi connectivity index (χ0n) is 11.2. The minimum Gasteiger partial charge on any atom is -0.340 e. The van der Waals surface area contributed by atoms with Gasteiger partial charge in [0, 0.05) is 45.2 Å². The first-order valence-electron chi connectivity index (χ1n) is 7.16. The minimum atomic E-state index is 0.337. The van der Waals surface area contributed by atoms with Gasteiger partial charge in [0.1, 0.15) is 12.7 Å². The van der Waals surface area contributed by atoms with Gasteiger partial charge >= 0.3 is 0 Å². The molecule has 0 atom stereocenters. The first kappa shape index (κ1) is 12.6. The highest BCUT2D eigenvalue weighted by molar-refractivity contribution is 5.79. The number of aromatic nitrogens is 3. The molecule has 0 aromatic carbocycles. The van der Waals surface area contributed by atoms with E-state index in [1.165, 1.54) is 6.42 Å². The van der Waals surface area contributed by atoms with Crippen LogP contribution in [0.3, 0.4) is 0 Å². The van der Waals surface area contributed by atoms with E-state index >= 15 is 0 Å². The molecule has 0 bridgehead atoms. The Bertz CT molecular complexity index is 407. The largest absolute Gasteiger partial charge is 0.340 e. The van der Waals surface area contributed by atoms with Gasteiger partial charge in [-0.3, -0.25) is 9.69 Å². The molecule has 1 saturated heterocycles. The number of nitrogens with zero attached hydrogens (tertiary/aromatic N) is 5. The van der Waals surface area contributed by atoms with E-state index in [1.807, 2.05) is 4.57 Å². The maximum absolute atomic E-state index is 12.1. The predicted molar refractivity (Wildman–Crippen MR) is 70.4 cm³/mol. The van der Waals surface area contributed by atoms with Crippen molar-refractivity contribution in [3.05, 3.63) is 12.7 Å². The van der Waals surface area contributed by atoms with Crippen LogP contribution in [0.2, 0.25) is 0 Å². The summed E-state index contributed by atoms with van der Waals surface area (Å²) in [5.74, 6) is 0.730. The Hall–Kier alpha value is -1.43. The fraction of sp³-hybridized carbons (Fsp3) is 0.769. The van der Waals surface area contributed by atoms with Gasteiger partial charge in [-0.25, -0.2) is 0 Å². The highest BCUT2D eigenvalue weighted by Gasteiger charge is 2.30. The van der Waals surface area contributed by atoms with Crippen LogP contribution in [-0.2, 0) is 11.3 Å². The molecule has 1 aliphatic heterocycles. The van der Waals surface area contributed by atoms with Gasteiger partial charge in [0.2, 0.25) is 5.91 Å². The molecule has 19 heavy (non-hydrogen) atoms. The van der Waals surface area contributed by atoms with E-state index in [1.54, 1.807) is 12.7 Å². The summed E-state index contributed by atoms with van der Waals surface area (Å²) in [7, 11) is 0.